The lowest BCUT2D eigenvalue weighted by Gasteiger charge is -2.34. The molecule has 1 aliphatic rings. The Balaban J connectivity index is 2.53. The highest BCUT2D eigenvalue weighted by molar-refractivity contribution is 5.79. The van der Waals surface area contributed by atoms with Crippen LogP contribution < -0.4 is 10.6 Å². The number of nitrogens with one attached hydrogen (secondary N) is 2. The first-order chi connectivity index (χ1) is 8.80. The van der Waals surface area contributed by atoms with Crippen molar-refractivity contribution in [2.75, 3.05) is 33.7 Å². The van der Waals surface area contributed by atoms with Gasteiger partial charge < -0.3 is 15.5 Å². The average molecular weight is 269 g/mol. The van der Waals surface area contributed by atoms with Gasteiger partial charge in [0, 0.05) is 12.6 Å². The summed E-state index contributed by atoms with van der Waals surface area (Å²) in [6.45, 7) is 9.49. The zero-order valence-corrected chi connectivity index (χ0v) is 13.3. The summed E-state index contributed by atoms with van der Waals surface area (Å²) in [6, 6.07) is 0.240. The summed E-state index contributed by atoms with van der Waals surface area (Å²) in [4.78, 5) is 14.5. The van der Waals surface area contributed by atoms with Crippen molar-refractivity contribution >= 4 is 5.91 Å². The van der Waals surface area contributed by atoms with Crippen molar-refractivity contribution in [3.05, 3.63) is 0 Å². The molecule has 1 amide bonds. The third-order valence-corrected chi connectivity index (χ3v) is 3.89. The van der Waals surface area contributed by atoms with Crippen LogP contribution in [0.5, 0.6) is 0 Å². The lowest BCUT2D eigenvalue weighted by atomic mass is 9.84. The van der Waals surface area contributed by atoms with Crippen LogP contribution >= 0.6 is 0 Å². The van der Waals surface area contributed by atoms with E-state index in [-0.39, 0.29) is 23.3 Å². The molecule has 2 unspecified atom stereocenters. The highest BCUT2D eigenvalue weighted by Gasteiger charge is 2.29. The molecule has 2 atom stereocenters. The molecule has 4 nitrogen and oxygen atoms in total. The van der Waals surface area contributed by atoms with Crippen molar-refractivity contribution < 1.29 is 4.79 Å². The van der Waals surface area contributed by atoms with Crippen molar-refractivity contribution in [1.29, 1.82) is 0 Å². The minimum atomic E-state index is 0.105. The van der Waals surface area contributed by atoms with Crippen LogP contribution in [0, 0.1) is 11.3 Å². The summed E-state index contributed by atoms with van der Waals surface area (Å²) >= 11 is 0. The molecule has 0 bridgehead atoms. The van der Waals surface area contributed by atoms with E-state index >= 15 is 0 Å². The van der Waals surface area contributed by atoms with Crippen LogP contribution in [0.4, 0.5) is 0 Å². The summed E-state index contributed by atoms with van der Waals surface area (Å²) in [6.07, 6.45) is 3.13. The van der Waals surface area contributed by atoms with Crippen molar-refractivity contribution in [2.24, 2.45) is 11.3 Å². The predicted molar refractivity (Wildman–Crippen MR) is 80.2 cm³/mol. The molecule has 0 aromatic carbocycles. The molecule has 1 fully saturated rings. The number of rotatable bonds is 5. The maximum Gasteiger partial charge on any atom is 0.224 e. The quantitative estimate of drug-likeness (QED) is 0.794. The van der Waals surface area contributed by atoms with Crippen LogP contribution in [-0.4, -0.2) is 50.6 Å². The fraction of sp³-hybridized carbons (Fsp3) is 0.933. The van der Waals surface area contributed by atoms with Gasteiger partial charge in [0.15, 0.2) is 0 Å². The van der Waals surface area contributed by atoms with Gasteiger partial charge in [0.2, 0.25) is 5.91 Å². The van der Waals surface area contributed by atoms with E-state index in [4.69, 9.17) is 0 Å². The highest BCUT2D eigenvalue weighted by Crippen LogP contribution is 2.23. The van der Waals surface area contributed by atoms with E-state index in [9.17, 15) is 4.79 Å². The monoisotopic (exact) mass is 269 g/mol. The van der Waals surface area contributed by atoms with E-state index in [0.29, 0.717) is 0 Å². The third-order valence-electron chi connectivity index (χ3n) is 3.89. The van der Waals surface area contributed by atoms with Crippen molar-refractivity contribution in [3.63, 3.8) is 0 Å². The van der Waals surface area contributed by atoms with Gasteiger partial charge in [-0.15, -0.1) is 0 Å². The molecule has 1 rings (SSSR count). The number of hydrogen-bond acceptors (Lipinski definition) is 3. The van der Waals surface area contributed by atoms with Gasteiger partial charge in [-0.05, 0) is 51.9 Å². The lowest BCUT2D eigenvalue weighted by Crippen LogP contribution is -2.49. The molecule has 2 N–H and O–H groups in total. The number of amides is 1. The van der Waals surface area contributed by atoms with E-state index < -0.39 is 0 Å². The Labute approximate surface area is 118 Å². The van der Waals surface area contributed by atoms with E-state index in [1.807, 2.05) is 0 Å². The largest absolute Gasteiger partial charge is 0.353 e. The van der Waals surface area contributed by atoms with Gasteiger partial charge in [-0.3, -0.25) is 4.79 Å². The minimum absolute atomic E-state index is 0.105. The molecule has 1 aliphatic heterocycles. The number of hydrogen-bond donors (Lipinski definition) is 2. The maximum atomic E-state index is 12.3. The first-order valence-corrected chi connectivity index (χ1v) is 7.46. The van der Waals surface area contributed by atoms with Crippen LogP contribution in [0.3, 0.4) is 0 Å². The number of nitrogens with zero attached hydrogens (tertiary/aromatic N) is 1. The van der Waals surface area contributed by atoms with Crippen LogP contribution in [0.2, 0.25) is 0 Å². The molecule has 19 heavy (non-hydrogen) atoms. The normalized spacial score (nSPS) is 22.3. The van der Waals surface area contributed by atoms with Crippen molar-refractivity contribution in [3.8, 4) is 0 Å². The van der Waals surface area contributed by atoms with Gasteiger partial charge in [-0.2, -0.15) is 0 Å². The second-order valence-corrected chi connectivity index (χ2v) is 7.06. The van der Waals surface area contributed by atoms with Crippen LogP contribution in [0.15, 0.2) is 0 Å². The number of piperidine rings is 1. The third kappa shape index (κ3) is 5.91. The molecule has 0 aromatic rings. The Morgan fingerprint density at radius 1 is 1.42 bits per heavy atom. The van der Waals surface area contributed by atoms with Gasteiger partial charge in [-0.1, -0.05) is 20.8 Å². The van der Waals surface area contributed by atoms with Crippen molar-refractivity contribution in [1.82, 2.24) is 15.5 Å². The standard InChI is InChI=1S/C15H31N3O/c1-15(2,3)13(8-10-18(4)5)17-14(19)12-7-6-9-16-11-12/h12-13,16H,6-11H2,1-5H3,(H,17,19). The smallest absolute Gasteiger partial charge is 0.224 e. The van der Waals surface area contributed by atoms with Crippen molar-refractivity contribution in [2.45, 2.75) is 46.1 Å². The van der Waals surface area contributed by atoms with Gasteiger partial charge in [-0.25, -0.2) is 0 Å². The maximum absolute atomic E-state index is 12.3. The summed E-state index contributed by atoms with van der Waals surface area (Å²) < 4.78 is 0. The second kappa shape index (κ2) is 7.25. The molecule has 0 radical (unpaired) electrons. The van der Waals surface area contributed by atoms with Crippen LogP contribution in [0.1, 0.15) is 40.0 Å². The fourth-order valence-corrected chi connectivity index (χ4v) is 2.47. The predicted octanol–water partition coefficient (Wildman–Crippen LogP) is 1.47. The first kappa shape index (κ1) is 16.4. The summed E-state index contributed by atoms with van der Waals surface area (Å²) in [5.41, 5.74) is 0.105. The SMILES string of the molecule is CN(C)CCC(NC(=O)C1CCCNC1)C(C)(C)C. The molecular weight excluding hydrogens is 238 g/mol. The van der Waals surface area contributed by atoms with E-state index in [1.165, 1.54) is 0 Å². The Morgan fingerprint density at radius 3 is 2.58 bits per heavy atom. The van der Waals surface area contributed by atoms with Crippen LogP contribution in [-0.2, 0) is 4.79 Å². The molecule has 0 spiro atoms. The fourth-order valence-electron chi connectivity index (χ4n) is 2.47. The molecule has 1 heterocycles. The van der Waals surface area contributed by atoms with Gasteiger partial charge in [0.1, 0.15) is 0 Å². The second-order valence-electron chi connectivity index (χ2n) is 7.06. The first-order valence-electron chi connectivity index (χ1n) is 7.46. The zero-order chi connectivity index (χ0) is 14.5. The molecule has 4 heteroatoms. The molecule has 0 aromatic heterocycles. The zero-order valence-electron chi connectivity index (χ0n) is 13.3. The molecule has 0 aliphatic carbocycles. The Morgan fingerprint density at radius 2 is 2.11 bits per heavy atom. The average Bonchev–Trinajstić information content (AvgIpc) is 2.33. The summed E-state index contributed by atoms with van der Waals surface area (Å²) in [5, 5.41) is 6.59. The summed E-state index contributed by atoms with van der Waals surface area (Å²) in [7, 11) is 4.15. The minimum Gasteiger partial charge on any atom is -0.353 e. The van der Waals surface area contributed by atoms with Crippen LogP contribution in [0.25, 0.3) is 0 Å². The van der Waals surface area contributed by atoms with Gasteiger partial charge in [0.05, 0.1) is 5.92 Å². The Hall–Kier alpha value is -0.610. The number of carbonyl (C=O) groups excluding carboxylic acids is 1. The topological polar surface area (TPSA) is 44.4 Å². The van der Waals surface area contributed by atoms with Gasteiger partial charge in [0.25, 0.3) is 0 Å². The Kier molecular flexibility index (Phi) is 6.27. The van der Waals surface area contributed by atoms with E-state index in [0.717, 1.165) is 38.9 Å². The summed E-state index contributed by atoms with van der Waals surface area (Å²) in [5.74, 6) is 0.379. The molecule has 1 saturated heterocycles. The van der Waals surface area contributed by atoms with E-state index in [2.05, 4.69) is 50.4 Å². The number of carbonyl (C=O) groups is 1. The highest BCUT2D eigenvalue weighted by atomic mass is 16.2. The lowest BCUT2D eigenvalue weighted by molar-refractivity contribution is -0.127. The Bertz CT molecular complexity index is 278. The molecule has 112 valence electrons. The van der Waals surface area contributed by atoms with E-state index in [1.54, 1.807) is 0 Å². The van der Waals surface area contributed by atoms with Gasteiger partial charge >= 0.3 is 0 Å². The molecular formula is C15H31N3O. The molecule has 0 saturated carbocycles.